The largest absolute Gasteiger partial charge is 0.493 e. The first-order chi connectivity index (χ1) is 13.1. The Morgan fingerprint density at radius 1 is 1.19 bits per heavy atom. The number of hydrogen-bond donors (Lipinski definition) is 2. The highest BCUT2D eigenvalue weighted by atomic mass is 16.6. The zero-order valence-corrected chi connectivity index (χ0v) is 15.7. The molecule has 2 N–H and O–H groups in total. The summed E-state index contributed by atoms with van der Waals surface area (Å²) < 4.78 is 10.9. The molecule has 0 amide bonds. The third-order valence-corrected chi connectivity index (χ3v) is 3.67. The molecule has 0 spiro atoms. The number of nitrogens with one attached hydrogen (secondary N) is 2. The zero-order valence-electron chi connectivity index (χ0n) is 15.7. The molecule has 0 saturated carbocycles. The zero-order chi connectivity index (χ0) is 19.6. The number of rotatable bonds is 8. The van der Waals surface area contributed by atoms with Gasteiger partial charge in [-0.3, -0.25) is 10.1 Å². The van der Waals surface area contributed by atoms with Crippen LogP contribution < -0.4 is 20.1 Å². The second kappa shape index (κ2) is 10.0. The van der Waals surface area contributed by atoms with E-state index in [0.717, 1.165) is 5.69 Å². The molecule has 0 aliphatic rings. The molecule has 0 aliphatic heterocycles. The van der Waals surface area contributed by atoms with Crippen molar-refractivity contribution in [3.8, 4) is 11.5 Å². The highest BCUT2D eigenvalue weighted by molar-refractivity contribution is 5.93. The molecule has 8 nitrogen and oxygen atoms in total. The lowest BCUT2D eigenvalue weighted by Crippen LogP contribution is -2.30. The SMILES string of the molecule is CCNC(=NCc1ccccc1[N+](=O)[O-])Nc1ccc(OC)c(OCC)c1. The van der Waals surface area contributed by atoms with Crippen LogP contribution in [-0.4, -0.2) is 31.1 Å². The van der Waals surface area contributed by atoms with Crippen molar-refractivity contribution in [1.82, 2.24) is 5.32 Å². The minimum absolute atomic E-state index is 0.0557. The highest BCUT2D eigenvalue weighted by Crippen LogP contribution is 2.30. The predicted octanol–water partition coefficient (Wildman–Crippen LogP) is 3.58. The van der Waals surface area contributed by atoms with E-state index in [0.29, 0.717) is 36.2 Å². The number of nitrogens with zero attached hydrogens (tertiary/aromatic N) is 2. The van der Waals surface area contributed by atoms with Crippen LogP contribution in [0.15, 0.2) is 47.5 Å². The van der Waals surface area contributed by atoms with Crippen molar-refractivity contribution in [3.63, 3.8) is 0 Å². The molecule has 0 fully saturated rings. The Balaban J connectivity index is 2.21. The summed E-state index contributed by atoms with van der Waals surface area (Å²) >= 11 is 0. The Bertz CT molecular complexity index is 808. The maximum Gasteiger partial charge on any atom is 0.274 e. The Labute approximate surface area is 158 Å². The van der Waals surface area contributed by atoms with Gasteiger partial charge in [0.15, 0.2) is 17.5 Å². The van der Waals surface area contributed by atoms with Crippen LogP contribution in [0.3, 0.4) is 0 Å². The van der Waals surface area contributed by atoms with Crippen molar-refractivity contribution in [3.05, 3.63) is 58.1 Å². The van der Waals surface area contributed by atoms with Gasteiger partial charge in [-0.15, -0.1) is 0 Å². The summed E-state index contributed by atoms with van der Waals surface area (Å²) in [5.41, 5.74) is 1.37. The number of methoxy groups -OCH3 is 1. The van der Waals surface area contributed by atoms with Crippen molar-refractivity contribution in [2.24, 2.45) is 4.99 Å². The molecule has 0 unspecified atom stereocenters. The lowest BCUT2D eigenvalue weighted by atomic mass is 10.2. The van der Waals surface area contributed by atoms with E-state index in [4.69, 9.17) is 9.47 Å². The van der Waals surface area contributed by atoms with E-state index in [-0.39, 0.29) is 12.2 Å². The normalized spacial score (nSPS) is 11.0. The van der Waals surface area contributed by atoms with Gasteiger partial charge < -0.3 is 20.1 Å². The quantitative estimate of drug-likeness (QED) is 0.318. The van der Waals surface area contributed by atoms with Gasteiger partial charge in [-0.05, 0) is 26.0 Å². The van der Waals surface area contributed by atoms with Crippen LogP contribution in [0.2, 0.25) is 0 Å². The number of anilines is 1. The molecule has 2 rings (SSSR count). The maximum absolute atomic E-state index is 11.1. The van der Waals surface area contributed by atoms with Gasteiger partial charge in [0, 0.05) is 24.4 Å². The van der Waals surface area contributed by atoms with E-state index in [1.165, 1.54) is 6.07 Å². The van der Waals surface area contributed by atoms with E-state index in [1.807, 2.05) is 26.0 Å². The van der Waals surface area contributed by atoms with Crippen molar-refractivity contribution in [1.29, 1.82) is 0 Å². The van der Waals surface area contributed by atoms with Gasteiger partial charge >= 0.3 is 0 Å². The average Bonchev–Trinajstić information content (AvgIpc) is 2.67. The molecule has 27 heavy (non-hydrogen) atoms. The molecule has 144 valence electrons. The fourth-order valence-electron chi connectivity index (χ4n) is 2.45. The van der Waals surface area contributed by atoms with Gasteiger partial charge in [-0.25, -0.2) is 4.99 Å². The standard InChI is InChI=1S/C19H24N4O4/c1-4-20-19(21-13-14-8-6-7-9-16(14)23(24)25)22-15-10-11-17(26-3)18(12-15)27-5-2/h6-12H,4-5,13H2,1-3H3,(H2,20,21,22). The predicted molar refractivity (Wildman–Crippen MR) is 106 cm³/mol. The fraction of sp³-hybridized carbons (Fsp3) is 0.316. The third-order valence-electron chi connectivity index (χ3n) is 3.67. The van der Waals surface area contributed by atoms with Crippen LogP contribution in [0, 0.1) is 10.1 Å². The molecule has 0 heterocycles. The monoisotopic (exact) mass is 372 g/mol. The number of nitro groups is 1. The van der Waals surface area contributed by atoms with Gasteiger partial charge in [0.2, 0.25) is 0 Å². The molecule has 0 saturated heterocycles. The second-order valence-corrected chi connectivity index (χ2v) is 5.50. The summed E-state index contributed by atoms with van der Waals surface area (Å²) in [6.07, 6.45) is 0. The number of benzene rings is 2. The molecular weight excluding hydrogens is 348 g/mol. The number of hydrogen-bond acceptors (Lipinski definition) is 5. The topological polar surface area (TPSA) is 98.0 Å². The minimum atomic E-state index is -0.400. The fourth-order valence-corrected chi connectivity index (χ4v) is 2.45. The van der Waals surface area contributed by atoms with Gasteiger partial charge in [0.25, 0.3) is 5.69 Å². The van der Waals surface area contributed by atoms with Crippen LogP contribution >= 0.6 is 0 Å². The van der Waals surface area contributed by atoms with E-state index in [1.54, 1.807) is 31.4 Å². The second-order valence-electron chi connectivity index (χ2n) is 5.50. The molecule has 0 aromatic heterocycles. The van der Waals surface area contributed by atoms with Gasteiger partial charge in [0.1, 0.15) is 0 Å². The lowest BCUT2D eigenvalue weighted by Gasteiger charge is -2.14. The van der Waals surface area contributed by atoms with Crippen LogP contribution in [0.1, 0.15) is 19.4 Å². The summed E-state index contributed by atoms with van der Waals surface area (Å²) in [5, 5.41) is 17.5. The summed E-state index contributed by atoms with van der Waals surface area (Å²) in [7, 11) is 1.59. The number of para-hydroxylation sites is 1. The van der Waals surface area contributed by atoms with Crippen LogP contribution in [0.25, 0.3) is 0 Å². The number of aliphatic imine (C=N–C) groups is 1. The van der Waals surface area contributed by atoms with Gasteiger partial charge in [0.05, 0.1) is 30.7 Å². The molecule has 0 atom stereocenters. The number of guanidine groups is 1. The van der Waals surface area contributed by atoms with Crippen LogP contribution in [0.5, 0.6) is 11.5 Å². The first-order valence-corrected chi connectivity index (χ1v) is 8.67. The number of ether oxygens (including phenoxy) is 2. The van der Waals surface area contributed by atoms with Crippen molar-refractivity contribution in [2.75, 3.05) is 25.6 Å². The Morgan fingerprint density at radius 3 is 2.63 bits per heavy atom. The summed E-state index contributed by atoms with van der Waals surface area (Å²) in [6, 6.07) is 12.0. The van der Waals surface area contributed by atoms with Crippen molar-refractivity contribution < 1.29 is 14.4 Å². The summed E-state index contributed by atoms with van der Waals surface area (Å²) in [5.74, 6) is 1.78. The van der Waals surface area contributed by atoms with Crippen LogP contribution in [0.4, 0.5) is 11.4 Å². The Hall–Kier alpha value is -3.29. The van der Waals surface area contributed by atoms with Gasteiger partial charge in [-0.1, -0.05) is 18.2 Å². The van der Waals surface area contributed by atoms with E-state index in [9.17, 15) is 10.1 Å². The molecule has 0 bridgehead atoms. The lowest BCUT2D eigenvalue weighted by molar-refractivity contribution is -0.385. The van der Waals surface area contributed by atoms with Gasteiger partial charge in [-0.2, -0.15) is 0 Å². The molecule has 2 aromatic rings. The smallest absolute Gasteiger partial charge is 0.274 e. The maximum atomic E-state index is 11.1. The first kappa shape index (κ1) is 20.0. The molecule has 2 aromatic carbocycles. The summed E-state index contributed by atoms with van der Waals surface area (Å²) in [4.78, 5) is 15.2. The number of nitro benzene ring substituents is 1. The highest BCUT2D eigenvalue weighted by Gasteiger charge is 2.12. The van der Waals surface area contributed by atoms with Crippen molar-refractivity contribution >= 4 is 17.3 Å². The average molecular weight is 372 g/mol. The molecule has 0 aliphatic carbocycles. The minimum Gasteiger partial charge on any atom is -0.493 e. The molecule has 0 radical (unpaired) electrons. The van der Waals surface area contributed by atoms with E-state index >= 15 is 0 Å². The summed E-state index contributed by atoms with van der Waals surface area (Å²) in [6.45, 7) is 5.20. The molecular formula is C19H24N4O4. The van der Waals surface area contributed by atoms with Crippen molar-refractivity contribution in [2.45, 2.75) is 20.4 Å². The third kappa shape index (κ3) is 5.60. The molecule has 8 heteroatoms. The Kier molecular flexibility index (Phi) is 7.42. The van der Waals surface area contributed by atoms with E-state index in [2.05, 4.69) is 15.6 Å². The van der Waals surface area contributed by atoms with Crippen LogP contribution in [-0.2, 0) is 6.54 Å². The van der Waals surface area contributed by atoms with E-state index < -0.39 is 4.92 Å². The Morgan fingerprint density at radius 2 is 1.96 bits per heavy atom. The first-order valence-electron chi connectivity index (χ1n) is 8.67.